The van der Waals surface area contributed by atoms with Crippen LogP contribution in [0.2, 0.25) is 10.0 Å². The quantitative estimate of drug-likeness (QED) is 0.446. The summed E-state index contributed by atoms with van der Waals surface area (Å²) in [6, 6.07) is 3.42. The number of imidazole rings is 1. The first kappa shape index (κ1) is 23.1. The zero-order valence-electron chi connectivity index (χ0n) is 16.8. The molecular formula is C19H22BrCl2N3O5. The highest BCUT2D eigenvalue weighted by Gasteiger charge is 2.48. The maximum atomic E-state index is 11.8. The molecule has 0 unspecified atom stereocenters. The minimum atomic E-state index is -0.748. The van der Waals surface area contributed by atoms with E-state index in [1.165, 1.54) is 13.8 Å². The van der Waals surface area contributed by atoms with E-state index in [1.54, 1.807) is 16.7 Å². The molecule has 0 aliphatic carbocycles. The largest absolute Gasteiger partial charge is 0.463 e. The lowest BCUT2D eigenvalue weighted by Crippen LogP contribution is -2.33. The van der Waals surface area contributed by atoms with Crippen LogP contribution in [0.15, 0.2) is 12.1 Å². The van der Waals surface area contributed by atoms with Gasteiger partial charge in [0.05, 0.1) is 25.9 Å². The van der Waals surface area contributed by atoms with Crippen molar-refractivity contribution in [3.63, 3.8) is 0 Å². The number of ether oxygens (including phenoxy) is 3. The summed E-state index contributed by atoms with van der Waals surface area (Å²) in [6.45, 7) is 6.59. The van der Waals surface area contributed by atoms with Crippen molar-refractivity contribution in [2.24, 2.45) is 0 Å². The van der Waals surface area contributed by atoms with Gasteiger partial charge in [0.2, 0.25) is 5.95 Å². The number of halogens is 3. The Kier molecular flexibility index (Phi) is 7.16. The fourth-order valence-corrected chi connectivity index (χ4v) is 4.22. The molecule has 30 heavy (non-hydrogen) atoms. The normalized spacial score (nSPS) is 23.7. The van der Waals surface area contributed by atoms with Gasteiger partial charge in [-0.1, -0.05) is 39.1 Å². The molecule has 4 atom stereocenters. The summed E-state index contributed by atoms with van der Waals surface area (Å²) in [5.41, 5.74) is 1.26. The van der Waals surface area contributed by atoms with Gasteiger partial charge in [0, 0.05) is 19.9 Å². The summed E-state index contributed by atoms with van der Waals surface area (Å²) >= 11 is 16.0. The van der Waals surface area contributed by atoms with Gasteiger partial charge in [-0.15, -0.1) is 0 Å². The summed E-state index contributed by atoms with van der Waals surface area (Å²) in [6.07, 6.45) is -2.00. The lowest BCUT2D eigenvalue weighted by Gasteiger charge is -2.24. The molecule has 2 heterocycles. The molecule has 3 rings (SSSR count). The number of carbonyl (C=O) groups excluding carboxylic acids is 2. The van der Waals surface area contributed by atoms with Crippen molar-refractivity contribution in [2.75, 3.05) is 11.9 Å². The summed E-state index contributed by atoms with van der Waals surface area (Å²) in [7, 11) is 0. The van der Waals surface area contributed by atoms with Crippen LogP contribution in [0.25, 0.3) is 11.0 Å². The number of hydrogen-bond donors (Lipinski definition) is 1. The van der Waals surface area contributed by atoms with Crippen molar-refractivity contribution in [1.82, 2.24) is 9.55 Å². The molecule has 1 aromatic heterocycles. The van der Waals surface area contributed by atoms with Gasteiger partial charge in [-0.05, 0) is 26.0 Å². The van der Waals surface area contributed by atoms with Crippen LogP contribution >= 0.6 is 39.1 Å². The lowest BCUT2D eigenvalue weighted by atomic mass is 10.2. The van der Waals surface area contributed by atoms with Crippen molar-refractivity contribution in [3.8, 4) is 0 Å². The summed E-state index contributed by atoms with van der Waals surface area (Å²) in [5, 5.41) is 4.01. The number of hydrogen-bond acceptors (Lipinski definition) is 7. The molecular weight excluding hydrogens is 501 g/mol. The van der Waals surface area contributed by atoms with Crippen molar-refractivity contribution in [2.45, 2.75) is 57.0 Å². The third-order valence-corrected chi connectivity index (χ3v) is 6.25. The van der Waals surface area contributed by atoms with Crippen molar-refractivity contribution in [1.29, 1.82) is 0 Å². The van der Waals surface area contributed by atoms with Gasteiger partial charge in [-0.25, -0.2) is 4.98 Å². The second-order valence-electron chi connectivity index (χ2n) is 7.25. The molecule has 0 bridgehead atoms. The van der Waals surface area contributed by atoms with E-state index < -0.39 is 35.2 Å². The molecule has 2 aromatic rings. The first-order chi connectivity index (χ1) is 14.1. The molecule has 11 heteroatoms. The van der Waals surface area contributed by atoms with Crippen LogP contribution in [-0.2, 0) is 23.8 Å². The van der Waals surface area contributed by atoms with Gasteiger partial charge in [0.15, 0.2) is 12.3 Å². The first-order valence-corrected chi connectivity index (χ1v) is 11.0. The second-order valence-corrected chi connectivity index (χ2v) is 9.12. The average molecular weight is 523 g/mol. The number of rotatable bonds is 6. The summed E-state index contributed by atoms with van der Waals surface area (Å²) in [4.78, 5) is 27.3. The second kappa shape index (κ2) is 9.30. The molecule has 8 nitrogen and oxygen atoms in total. The minimum absolute atomic E-state index is 0.00563. The van der Waals surface area contributed by atoms with Crippen LogP contribution in [0.3, 0.4) is 0 Å². The van der Waals surface area contributed by atoms with Gasteiger partial charge in [0.1, 0.15) is 12.7 Å². The fourth-order valence-electron chi connectivity index (χ4n) is 3.26. The molecule has 1 saturated heterocycles. The predicted octanol–water partition coefficient (Wildman–Crippen LogP) is 4.32. The predicted molar refractivity (Wildman–Crippen MR) is 117 cm³/mol. The van der Waals surface area contributed by atoms with Crippen LogP contribution in [0.4, 0.5) is 5.95 Å². The van der Waals surface area contributed by atoms with E-state index in [-0.39, 0.29) is 12.6 Å². The zero-order valence-corrected chi connectivity index (χ0v) is 19.9. The Hall–Kier alpha value is -1.55. The Bertz CT molecular complexity index is 967. The van der Waals surface area contributed by atoms with Crippen molar-refractivity contribution >= 4 is 68.1 Å². The number of aromatic nitrogens is 2. The Balaban J connectivity index is 2.10. The van der Waals surface area contributed by atoms with Crippen LogP contribution in [0.1, 0.15) is 33.9 Å². The van der Waals surface area contributed by atoms with Gasteiger partial charge >= 0.3 is 11.9 Å². The highest BCUT2D eigenvalue weighted by Crippen LogP contribution is 2.41. The number of nitrogens with one attached hydrogen (secondary N) is 1. The number of fused-ring (bicyclic) bond motifs is 1. The van der Waals surface area contributed by atoms with E-state index in [0.29, 0.717) is 27.0 Å². The molecule has 1 N–H and O–H groups in total. The number of alkyl halides is 1. The monoisotopic (exact) mass is 521 g/mol. The molecule has 1 fully saturated rings. The fraction of sp³-hybridized carbons (Fsp3) is 0.526. The third-order valence-electron chi connectivity index (χ3n) is 4.42. The average Bonchev–Trinajstić information content (AvgIpc) is 3.10. The van der Waals surface area contributed by atoms with E-state index in [9.17, 15) is 9.59 Å². The molecule has 1 aromatic carbocycles. The Labute approximate surface area is 192 Å². The third kappa shape index (κ3) is 4.85. The highest BCUT2D eigenvalue weighted by molar-refractivity contribution is 9.09. The van der Waals surface area contributed by atoms with Crippen LogP contribution in [-0.4, -0.2) is 51.2 Å². The molecule has 0 saturated carbocycles. The number of nitrogens with zero attached hydrogens (tertiary/aromatic N) is 2. The first-order valence-electron chi connectivity index (χ1n) is 9.32. The molecule has 0 spiro atoms. The van der Waals surface area contributed by atoms with E-state index >= 15 is 0 Å². The number of benzene rings is 1. The molecule has 0 amide bonds. The van der Waals surface area contributed by atoms with E-state index in [0.717, 1.165) is 0 Å². The highest BCUT2D eigenvalue weighted by atomic mass is 79.9. The van der Waals surface area contributed by atoms with Gasteiger partial charge in [-0.2, -0.15) is 0 Å². The Morgan fingerprint density at radius 2 is 1.93 bits per heavy atom. The molecule has 1 aliphatic heterocycles. The number of esters is 2. The topological polar surface area (TPSA) is 91.7 Å². The van der Waals surface area contributed by atoms with Crippen molar-refractivity contribution in [3.05, 3.63) is 22.2 Å². The molecule has 1 aliphatic rings. The Morgan fingerprint density at radius 1 is 1.27 bits per heavy atom. The smallest absolute Gasteiger partial charge is 0.303 e. The van der Waals surface area contributed by atoms with E-state index in [1.807, 2.05) is 13.8 Å². The minimum Gasteiger partial charge on any atom is -0.463 e. The Morgan fingerprint density at radius 3 is 2.53 bits per heavy atom. The van der Waals surface area contributed by atoms with Gasteiger partial charge in [-0.3, -0.25) is 14.2 Å². The van der Waals surface area contributed by atoms with Gasteiger partial charge in [0.25, 0.3) is 0 Å². The summed E-state index contributed by atoms with van der Waals surface area (Å²) < 4.78 is 18.7. The van der Waals surface area contributed by atoms with Crippen LogP contribution in [0.5, 0.6) is 0 Å². The van der Waals surface area contributed by atoms with Crippen molar-refractivity contribution < 1.29 is 23.8 Å². The number of carbonyl (C=O) groups is 2. The maximum Gasteiger partial charge on any atom is 0.303 e. The molecule has 164 valence electrons. The maximum absolute atomic E-state index is 11.8. The van der Waals surface area contributed by atoms with Crippen LogP contribution < -0.4 is 5.32 Å². The summed E-state index contributed by atoms with van der Waals surface area (Å²) in [5.74, 6) is -0.383. The SMILES string of the molecule is CC(=O)OC[C@H]1O[C@@H](n2c(NC(C)C)nc3cc(Cl)c(Cl)cc32)[C@H](OC(C)=O)[C@H]1Br. The standard InChI is InChI=1S/C19H22BrCl2N3O5/c1-8(2)23-19-24-13-5-11(21)12(22)6-14(13)25(19)18-17(29-10(4)27)16(20)15(30-18)7-28-9(3)26/h5-6,8,15-18H,7H2,1-4H3,(H,23,24)/t15-,16+,17-,18-/m1/s1. The van der Waals surface area contributed by atoms with Crippen LogP contribution in [0, 0.1) is 0 Å². The number of anilines is 1. The van der Waals surface area contributed by atoms with Gasteiger partial charge < -0.3 is 19.5 Å². The lowest BCUT2D eigenvalue weighted by molar-refractivity contribution is -0.152. The molecule has 0 radical (unpaired) electrons. The van der Waals surface area contributed by atoms with E-state index in [2.05, 4.69) is 26.2 Å². The zero-order chi connectivity index (χ0) is 22.2. The van der Waals surface area contributed by atoms with E-state index in [4.69, 9.17) is 37.4 Å².